The predicted molar refractivity (Wildman–Crippen MR) is 87.3 cm³/mol. The highest BCUT2D eigenvalue weighted by molar-refractivity contribution is 5.40. The van der Waals surface area contributed by atoms with Gasteiger partial charge in [0.05, 0.1) is 5.69 Å². The third-order valence-corrected chi connectivity index (χ3v) is 5.03. The lowest BCUT2D eigenvalue weighted by Gasteiger charge is -2.22. The lowest BCUT2D eigenvalue weighted by molar-refractivity contribution is 0.299. The van der Waals surface area contributed by atoms with Gasteiger partial charge in [0.15, 0.2) is 0 Å². The van der Waals surface area contributed by atoms with Gasteiger partial charge in [-0.2, -0.15) is 0 Å². The molecule has 2 saturated heterocycles. The smallest absolute Gasteiger partial charge is 0.138 e. The van der Waals surface area contributed by atoms with Gasteiger partial charge in [-0.15, -0.1) is 0 Å². The first-order valence-electron chi connectivity index (χ1n) is 8.35. The molecule has 2 fully saturated rings. The summed E-state index contributed by atoms with van der Waals surface area (Å²) in [5.41, 5.74) is 2.00. The van der Waals surface area contributed by atoms with Crippen LogP contribution in [0.3, 0.4) is 0 Å². The van der Waals surface area contributed by atoms with E-state index in [4.69, 9.17) is 4.52 Å². The average molecular weight is 313 g/mol. The van der Waals surface area contributed by atoms with Crippen molar-refractivity contribution in [2.45, 2.75) is 20.3 Å². The van der Waals surface area contributed by atoms with Crippen LogP contribution in [0.4, 0.5) is 5.82 Å². The van der Waals surface area contributed by atoms with Crippen LogP contribution in [0.15, 0.2) is 23.0 Å². The standard InChI is InChI=1S/C17H23N5O/c1-12-6-17(19-11-18-12)22-9-14-7-21(8-15(14)10-22)4-3-16-5-13(2)20-23-16/h5-6,11,14-15H,3-4,7-10H2,1-2H3. The van der Waals surface area contributed by atoms with Crippen LogP contribution >= 0.6 is 0 Å². The van der Waals surface area contributed by atoms with Gasteiger partial charge < -0.3 is 14.3 Å². The van der Waals surface area contributed by atoms with Crippen LogP contribution in [0.2, 0.25) is 0 Å². The highest BCUT2D eigenvalue weighted by Crippen LogP contribution is 2.33. The van der Waals surface area contributed by atoms with E-state index in [1.807, 2.05) is 19.9 Å². The summed E-state index contributed by atoms with van der Waals surface area (Å²) in [5.74, 6) is 3.58. The maximum atomic E-state index is 5.31. The zero-order valence-corrected chi connectivity index (χ0v) is 13.8. The molecule has 0 N–H and O–H groups in total. The molecule has 0 aromatic carbocycles. The summed E-state index contributed by atoms with van der Waals surface area (Å²) in [6.45, 7) is 9.63. The van der Waals surface area contributed by atoms with Crippen molar-refractivity contribution in [1.29, 1.82) is 0 Å². The second-order valence-corrected chi connectivity index (χ2v) is 6.89. The van der Waals surface area contributed by atoms with Crippen LogP contribution in [0.5, 0.6) is 0 Å². The molecule has 2 aliphatic heterocycles. The molecule has 2 unspecified atom stereocenters. The van der Waals surface area contributed by atoms with Crippen molar-refractivity contribution in [3.8, 4) is 0 Å². The molecule has 0 spiro atoms. The van der Waals surface area contributed by atoms with Crippen molar-refractivity contribution in [3.05, 3.63) is 35.6 Å². The maximum Gasteiger partial charge on any atom is 0.138 e. The number of fused-ring (bicyclic) bond motifs is 1. The SMILES string of the molecule is Cc1cc(N2CC3CN(CCc4cc(C)no4)CC3C2)ncn1. The van der Waals surface area contributed by atoms with Crippen molar-refractivity contribution in [3.63, 3.8) is 0 Å². The Kier molecular flexibility index (Phi) is 3.77. The molecule has 0 aliphatic carbocycles. The average Bonchev–Trinajstić information content (AvgIpc) is 3.19. The zero-order chi connectivity index (χ0) is 15.8. The minimum Gasteiger partial charge on any atom is -0.361 e. The number of aryl methyl sites for hydroxylation is 2. The van der Waals surface area contributed by atoms with Gasteiger partial charge in [0.25, 0.3) is 0 Å². The summed E-state index contributed by atoms with van der Waals surface area (Å²) in [4.78, 5) is 13.6. The minimum atomic E-state index is 0.752. The van der Waals surface area contributed by atoms with E-state index >= 15 is 0 Å². The summed E-state index contributed by atoms with van der Waals surface area (Å²) in [6, 6.07) is 4.13. The number of nitrogens with zero attached hydrogens (tertiary/aromatic N) is 5. The number of anilines is 1. The van der Waals surface area contributed by atoms with Crippen LogP contribution in [-0.2, 0) is 6.42 Å². The lowest BCUT2D eigenvalue weighted by Crippen LogP contribution is -2.30. The van der Waals surface area contributed by atoms with Crippen molar-refractivity contribution >= 4 is 5.82 Å². The van der Waals surface area contributed by atoms with Gasteiger partial charge in [0.2, 0.25) is 0 Å². The van der Waals surface area contributed by atoms with E-state index in [-0.39, 0.29) is 0 Å². The summed E-state index contributed by atoms with van der Waals surface area (Å²) in [7, 11) is 0. The van der Waals surface area contributed by atoms with E-state index in [1.165, 1.54) is 13.1 Å². The number of rotatable bonds is 4. The fourth-order valence-electron chi connectivity index (χ4n) is 3.88. The molecule has 0 bridgehead atoms. The molecule has 2 aromatic rings. The molecular formula is C17H23N5O. The highest BCUT2D eigenvalue weighted by atomic mass is 16.5. The van der Waals surface area contributed by atoms with Gasteiger partial charge >= 0.3 is 0 Å². The zero-order valence-electron chi connectivity index (χ0n) is 13.8. The van der Waals surface area contributed by atoms with E-state index in [2.05, 4.69) is 31.0 Å². The molecule has 23 heavy (non-hydrogen) atoms. The predicted octanol–water partition coefficient (Wildman–Crippen LogP) is 1.69. The number of hydrogen-bond acceptors (Lipinski definition) is 6. The molecule has 2 aromatic heterocycles. The molecule has 0 saturated carbocycles. The van der Waals surface area contributed by atoms with Gasteiger partial charge in [-0.1, -0.05) is 5.16 Å². The quantitative estimate of drug-likeness (QED) is 0.856. The van der Waals surface area contributed by atoms with Crippen molar-refractivity contribution in [1.82, 2.24) is 20.0 Å². The molecular weight excluding hydrogens is 290 g/mol. The van der Waals surface area contributed by atoms with Gasteiger partial charge in [-0.05, 0) is 25.7 Å². The third-order valence-electron chi connectivity index (χ3n) is 5.03. The summed E-state index contributed by atoms with van der Waals surface area (Å²) >= 11 is 0. The molecule has 4 heterocycles. The van der Waals surface area contributed by atoms with Crippen LogP contribution in [0, 0.1) is 25.7 Å². The Morgan fingerprint density at radius 2 is 1.83 bits per heavy atom. The summed E-state index contributed by atoms with van der Waals surface area (Å²) in [5, 5.41) is 3.96. The van der Waals surface area contributed by atoms with Crippen molar-refractivity contribution in [2.75, 3.05) is 37.6 Å². The molecule has 2 aliphatic rings. The molecule has 6 heteroatoms. The molecule has 0 radical (unpaired) electrons. The molecule has 6 nitrogen and oxygen atoms in total. The second kappa shape index (κ2) is 5.92. The maximum absolute atomic E-state index is 5.31. The Labute approximate surface area is 136 Å². The first-order chi connectivity index (χ1) is 11.2. The monoisotopic (exact) mass is 313 g/mol. The Hall–Kier alpha value is -1.95. The Bertz CT molecular complexity index is 671. The minimum absolute atomic E-state index is 0.752. The summed E-state index contributed by atoms with van der Waals surface area (Å²) < 4.78 is 5.31. The fourth-order valence-corrected chi connectivity index (χ4v) is 3.88. The lowest BCUT2D eigenvalue weighted by atomic mass is 10.0. The van der Waals surface area contributed by atoms with Gasteiger partial charge in [0.1, 0.15) is 17.9 Å². The number of likely N-dealkylation sites (tertiary alicyclic amines) is 1. The van der Waals surface area contributed by atoms with Crippen LogP contribution in [0.25, 0.3) is 0 Å². The first kappa shape index (κ1) is 14.6. The van der Waals surface area contributed by atoms with E-state index in [0.717, 1.165) is 60.9 Å². The Balaban J connectivity index is 1.31. The molecule has 4 rings (SSSR count). The molecule has 2 atom stereocenters. The topological polar surface area (TPSA) is 58.3 Å². The van der Waals surface area contributed by atoms with E-state index in [0.29, 0.717) is 0 Å². The highest BCUT2D eigenvalue weighted by Gasteiger charge is 2.40. The number of aromatic nitrogens is 3. The normalized spacial score (nSPS) is 24.3. The van der Waals surface area contributed by atoms with Gasteiger partial charge in [-0.3, -0.25) is 0 Å². The van der Waals surface area contributed by atoms with E-state index in [9.17, 15) is 0 Å². The summed E-state index contributed by atoms with van der Waals surface area (Å²) in [6.07, 6.45) is 2.62. The van der Waals surface area contributed by atoms with Crippen LogP contribution < -0.4 is 4.90 Å². The van der Waals surface area contributed by atoms with Crippen molar-refractivity contribution in [2.24, 2.45) is 11.8 Å². The van der Waals surface area contributed by atoms with Crippen LogP contribution in [-0.4, -0.2) is 52.7 Å². The van der Waals surface area contributed by atoms with E-state index in [1.54, 1.807) is 6.33 Å². The largest absolute Gasteiger partial charge is 0.361 e. The van der Waals surface area contributed by atoms with E-state index < -0.39 is 0 Å². The van der Waals surface area contributed by atoms with Crippen molar-refractivity contribution < 1.29 is 4.52 Å². The van der Waals surface area contributed by atoms with Crippen LogP contribution in [0.1, 0.15) is 17.1 Å². The third kappa shape index (κ3) is 3.08. The van der Waals surface area contributed by atoms with Gasteiger partial charge in [-0.25, -0.2) is 9.97 Å². The Morgan fingerprint density at radius 3 is 2.48 bits per heavy atom. The Morgan fingerprint density at radius 1 is 1.04 bits per heavy atom. The number of hydrogen-bond donors (Lipinski definition) is 0. The first-order valence-corrected chi connectivity index (χ1v) is 8.35. The second-order valence-electron chi connectivity index (χ2n) is 6.89. The van der Waals surface area contributed by atoms with Gasteiger partial charge in [0, 0.05) is 57.0 Å². The fraction of sp³-hybridized carbons (Fsp3) is 0.588. The molecule has 122 valence electrons. The molecule has 0 amide bonds.